The zero-order valence-electron chi connectivity index (χ0n) is 30.9. The van der Waals surface area contributed by atoms with E-state index in [1.165, 1.54) is 16.5 Å². The van der Waals surface area contributed by atoms with Crippen LogP contribution in [-0.4, -0.2) is 21.0 Å². The minimum Gasteiger partial charge on any atom is -0.508 e. The van der Waals surface area contributed by atoms with Crippen LogP contribution in [0.15, 0.2) is 102 Å². The summed E-state index contributed by atoms with van der Waals surface area (Å²) in [6.07, 6.45) is 1.91. The number of rotatable bonds is 5. The number of pyridine rings is 1. The average molecular weight is 841 g/mol. The van der Waals surface area contributed by atoms with Crippen molar-refractivity contribution in [1.29, 1.82) is 0 Å². The molecular formula is C45H47N3OPt. The van der Waals surface area contributed by atoms with E-state index in [0.29, 0.717) is 5.90 Å². The fourth-order valence-corrected chi connectivity index (χ4v) is 7.10. The maximum absolute atomic E-state index is 7.02. The fraction of sp³-hybridized carbons (Fsp3) is 0.333. The number of nitrogens with zero attached hydrogens (tertiary/aromatic N) is 3. The van der Waals surface area contributed by atoms with Gasteiger partial charge in [-0.2, -0.15) is 0 Å². The van der Waals surface area contributed by atoms with Gasteiger partial charge in [0, 0.05) is 11.7 Å². The van der Waals surface area contributed by atoms with Crippen molar-refractivity contribution in [2.24, 2.45) is 10.9 Å². The molecule has 0 saturated heterocycles. The van der Waals surface area contributed by atoms with Crippen molar-refractivity contribution in [1.82, 2.24) is 9.55 Å². The third-order valence-corrected chi connectivity index (χ3v) is 10.7. The van der Waals surface area contributed by atoms with Crippen molar-refractivity contribution in [2.45, 2.75) is 91.2 Å². The summed E-state index contributed by atoms with van der Waals surface area (Å²) in [6, 6.07) is 39.8. The van der Waals surface area contributed by atoms with E-state index in [-0.39, 0.29) is 37.8 Å². The van der Waals surface area contributed by atoms with Gasteiger partial charge < -0.3 is 14.3 Å². The van der Waals surface area contributed by atoms with E-state index in [9.17, 15) is 0 Å². The number of ether oxygens (including phenoxy) is 1. The third kappa shape index (κ3) is 5.94. The molecule has 0 amide bonds. The van der Waals surface area contributed by atoms with E-state index in [1.807, 2.05) is 6.20 Å². The van der Waals surface area contributed by atoms with Crippen molar-refractivity contribution in [3.63, 3.8) is 0 Å². The first kappa shape index (κ1) is 35.8. The van der Waals surface area contributed by atoms with Gasteiger partial charge in [0.2, 0.25) is 0 Å². The molecule has 2 atom stereocenters. The molecule has 2 aromatic heterocycles. The second-order valence-corrected chi connectivity index (χ2v) is 16.3. The van der Waals surface area contributed by atoms with Crippen molar-refractivity contribution in [2.75, 3.05) is 0 Å². The third-order valence-electron chi connectivity index (χ3n) is 10.7. The van der Waals surface area contributed by atoms with Gasteiger partial charge in [-0.25, -0.2) is 0 Å². The molecule has 1 aliphatic rings. The average Bonchev–Trinajstić information content (AvgIpc) is 3.56. The second-order valence-electron chi connectivity index (χ2n) is 16.3. The molecule has 0 spiro atoms. The van der Waals surface area contributed by atoms with Crippen LogP contribution in [0.1, 0.15) is 91.5 Å². The number of hydrogen-bond acceptors (Lipinski definition) is 3. The first-order chi connectivity index (χ1) is 23.1. The Morgan fingerprint density at radius 3 is 2.08 bits per heavy atom. The summed E-state index contributed by atoms with van der Waals surface area (Å²) >= 11 is 0. The van der Waals surface area contributed by atoms with Crippen molar-refractivity contribution >= 4 is 27.7 Å². The molecule has 0 bridgehead atoms. The Kier molecular flexibility index (Phi) is 9.05. The summed E-state index contributed by atoms with van der Waals surface area (Å²) < 4.78 is 9.32. The van der Waals surface area contributed by atoms with Gasteiger partial charge in [0.05, 0.1) is 5.54 Å². The molecule has 0 radical (unpaired) electrons. The summed E-state index contributed by atoms with van der Waals surface area (Å²) in [5.74, 6) is 0.861. The SMILES string of the molecule is CC(C)[C@@]1(C)N=C(c2[c-]c(-n3c4[c-]c(-c5cc(C(C)(C)C)ccn5)ccc4c4ccccc43)cc(C(C)(C)C)c2)O[C@]1(C)c1ccccc1.[Pt+2]. The van der Waals surface area contributed by atoms with Crippen LogP contribution in [0, 0.1) is 18.1 Å². The van der Waals surface area contributed by atoms with E-state index >= 15 is 0 Å². The molecule has 0 aliphatic carbocycles. The van der Waals surface area contributed by atoms with Gasteiger partial charge in [-0.1, -0.05) is 121 Å². The molecule has 0 fully saturated rings. The van der Waals surface area contributed by atoms with E-state index in [0.717, 1.165) is 44.5 Å². The van der Waals surface area contributed by atoms with Crippen LogP contribution < -0.4 is 0 Å². The van der Waals surface area contributed by atoms with Gasteiger partial charge in [0.25, 0.3) is 0 Å². The monoisotopic (exact) mass is 840 g/mol. The molecule has 0 N–H and O–H groups in total. The first-order valence-electron chi connectivity index (χ1n) is 17.5. The van der Waals surface area contributed by atoms with Gasteiger partial charge >= 0.3 is 21.1 Å². The van der Waals surface area contributed by atoms with E-state index in [2.05, 4.69) is 177 Å². The van der Waals surface area contributed by atoms with Crippen LogP contribution in [0.4, 0.5) is 0 Å². The molecule has 1 aliphatic heterocycles. The predicted octanol–water partition coefficient (Wildman–Crippen LogP) is 11.1. The Hall–Kier alpha value is -4.01. The molecule has 5 heteroatoms. The standard InChI is InChI=1S/C45H47N3O.Pt/c1-29(2)44(9)45(10,32-16-12-11-13-17-32)49-41(47-44)31-24-34(43(6,7)8)27-35(25-31)48-39-19-15-14-18-36(39)37-21-20-30(26-40(37)48)38-28-33(22-23-46-38)42(3,4)5;/h11-24,27-29H,1-10H3;/q-2;+2/t44-,45-;/m1./s1. The zero-order valence-corrected chi connectivity index (χ0v) is 33.2. The minimum absolute atomic E-state index is 0. The molecule has 6 aromatic rings. The van der Waals surface area contributed by atoms with Crippen LogP contribution in [-0.2, 0) is 42.2 Å². The Morgan fingerprint density at radius 1 is 0.720 bits per heavy atom. The van der Waals surface area contributed by atoms with E-state index < -0.39 is 11.1 Å². The van der Waals surface area contributed by atoms with Gasteiger partial charge in [-0.3, -0.25) is 4.99 Å². The van der Waals surface area contributed by atoms with Gasteiger partial charge in [-0.05, 0) is 76.1 Å². The largest absolute Gasteiger partial charge is 2.00 e. The molecule has 0 unspecified atom stereocenters. The molecule has 7 rings (SSSR count). The fourth-order valence-electron chi connectivity index (χ4n) is 7.10. The molecule has 258 valence electrons. The van der Waals surface area contributed by atoms with Crippen molar-refractivity contribution < 1.29 is 25.8 Å². The summed E-state index contributed by atoms with van der Waals surface area (Å²) in [5, 5.41) is 2.31. The van der Waals surface area contributed by atoms with Crippen molar-refractivity contribution in [3.05, 3.63) is 132 Å². The van der Waals surface area contributed by atoms with E-state index in [4.69, 9.17) is 14.7 Å². The Bertz CT molecular complexity index is 2240. The predicted molar refractivity (Wildman–Crippen MR) is 204 cm³/mol. The topological polar surface area (TPSA) is 39.4 Å². The summed E-state index contributed by atoms with van der Waals surface area (Å²) in [7, 11) is 0. The van der Waals surface area contributed by atoms with Crippen LogP contribution in [0.5, 0.6) is 0 Å². The Morgan fingerprint density at radius 2 is 1.40 bits per heavy atom. The molecule has 4 aromatic carbocycles. The van der Waals surface area contributed by atoms with Crippen LogP contribution in [0.3, 0.4) is 0 Å². The number of aliphatic imine (C=N–C) groups is 1. The van der Waals surface area contributed by atoms with Crippen LogP contribution in [0.25, 0.3) is 38.8 Å². The molecule has 3 heterocycles. The number of fused-ring (bicyclic) bond motifs is 3. The second kappa shape index (κ2) is 12.6. The van der Waals surface area contributed by atoms with Crippen LogP contribution >= 0.6 is 0 Å². The quantitative estimate of drug-likeness (QED) is 0.162. The van der Waals surface area contributed by atoms with Gasteiger partial charge in [0.1, 0.15) is 11.5 Å². The summed E-state index contributed by atoms with van der Waals surface area (Å²) in [5.41, 5.74) is 8.06. The first-order valence-corrected chi connectivity index (χ1v) is 17.5. The van der Waals surface area contributed by atoms with Gasteiger partial charge in [-0.15, -0.1) is 47.5 Å². The molecule has 50 heavy (non-hydrogen) atoms. The summed E-state index contributed by atoms with van der Waals surface area (Å²) in [4.78, 5) is 10.2. The number of hydrogen-bond donors (Lipinski definition) is 0. The van der Waals surface area contributed by atoms with Crippen molar-refractivity contribution in [3.8, 4) is 16.9 Å². The minimum atomic E-state index is -0.645. The molecule has 4 nitrogen and oxygen atoms in total. The number of aromatic nitrogens is 2. The summed E-state index contributed by atoms with van der Waals surface area (Å²) in [6.45, 7) is 22.3. The number of benzene rings is 4. The Labute approximate surface area is 312 Å². The zero-order chi connectivity index (χ0) is 34.9. The van der Waals surface area contributed by atoms with E-state index in [1.54, 1.807) is 0 Å². The maximum Gasteiger partial charge on any atom is 2.00 e. The van der Waals surface area contributed by atoms with Gasteiger partial charge in [0.15, 0.2) is 0 Å². The smallest absolute Gasteiger partial charge is 0.508 e. The molecular weight excluding hydrogens is 794 g/mol. The Balaban J connectivity index is 0.00000432. The van der Waals surface area contributed by atoms with Crippen LogP contribution in [0.2, 0.25) is 0 Å². The number of para-hydroxylation sites is 1. The molecule has 0 saturated carbocycles. The maximum atomic E-state index is 7.02. The normalized spacial score (nSPS) is 19.5.